The van der Waals surface area contributed by atoms with Crippen molar-refractivity contribution >= 4 is 17.0 Å². The molecule has 0 spiro atoms. The number of nitrogens with zero attached hydrogens (tertiary/aromatic N) is 1. The van der Waals surface area contributed by atoms with Crippen LogP contribution in [0.1, 0.15) is 28.4 Å². The number of anilines is 1. The number of hydrogen-bond donors (Lipinski definition) is 1. The minimum absolute atomic E-state index is 0.348. The zero-order valence-corrected chi connectivity index (χ0v) is 10.6. The van der Waals surface area contributed by atoms with Gasteiger partial charge in [0.2, 0.25) is 0 Å². The molecule has 2 aromatic rings. The monoisotopic (exact) mass is 232 g/mol. The number of nitrogens with one attached hydrogen (secondary N) is 1. The lowest BCUT2D eigenvalue weighted by Crippen LogP contribution is -2.04. The summed E-state index contributed by atoms with van der Waals surface area (Å²) in [5, 5.41) is 3.48. The van der Waals surface area contributed by atoms with Crippen LogP contribution in [-0.2, 0) is 0 Å². The van der Waals surface area contributed by atoms with E-state index in [2.05, 4.69) is 42.3 Å². The second kappa shape index (κ2) is 4.66. The molecule has 3 heteroatoms. The van der Waals surface area contributed by atoms with Crippen LogP contribution in [0, 0.1) is 13.8 Å². The molecular weight excluding hydrogens is 216 g/mol. The van der Waals surface area contributed by atoms with Crippen molar-refractivity contribution in [2.24, 2.45) is 0 Å². The summed E-state index contributed by atoms with van der Waals surface area (Å²) >= 11 is 1.84. The molecule has 1 unspecified atom stereocenters. The van der Waals surface area contributed by atoms with E-state index in [1.54, 1.807) is 0 Å². The minimum Gasteiger partial charge on any atom is -0.378 e. The van der Waals surface area contributed by atoms with Gasteiger partial charge in [0.15, 0.2) is 0 Å². The van der Waals surface area contributed by atoms with Crippen molar-refractivity contribution in [3.63, 3.8) is 0 Å². The van der Waals surface area contributed by atoms with E-state index in [-0.39, 0.29) is 0 Å². The Morgan fingerprint density at radius 3 is 2.69 bits per heavy atom. The van der Waals surface area contributed by atoms with Gasteiger partial charge in [0, 0.05) is 27.3 Å². The normalized spacial score (nSPS) is 12.4. The van der Waals surface area contributed by atoms with E-state index < -0.39 is 0 Å². The standard InChI is InChI=1S/C13H16N2S/c1-9-8-12(6-7-14-9)15-11(3)13-5-4-10(2)16-13/h4-8,11H,1-3H3,(H,14,15). The predicted molar refractivity (Wildman–Crippen MR) is 70.1 cm³/mol. The lowest BCUT2D eigenvalue weighted by molar-refractivity contribution is 0.906. The lowest BCUT2D eigenvalue weighted by atomic mass is 10.2. The van der Waals surface area contributed by atoms with Gasteiger partial charge in [0.1, 0.15) is 0 Å². The Balaban J connectivity index is 2.10. The highest BCUT2D eigenvalue weighted by Gasteiger charge is 2.07. The van der Waals surface area contributed by atoms with E-state index in [0.29, 0.717) is 6.04 Å². The van der Waals surface area contributed by atoms with Crippen LogP contribution < -0.4 is 5.32 Å². The molecule has 0 fully saturated rings. The Morgan fingerprint density at radius 2 is 2.06 bits per heavy atom. The second-order valence-electron chi connectivity index (χ2n) is 4.00. The van der Waals surface area contributed by atoms with E-state index in [9.17, 15) is 0 Å². The molecular formula is C13H16N2S. The first kappa shape index (κ1) is 11.1. The number of aryl methyl sites for hydroxylation is 2. The number of hydrogen-bond acceptors (Lipinski definition) is 3. The largest absolute Gasteiger partial charge is 0.378 e. The first-order valence-corrected chi connectivity index (χ1v) is 6.22. The first-order chi connectivity index (χ1) is 7.65. The van der Waals surface area contributed by atoms with Crippen LogP contribution in [0.4, 0.5) is 5.69 Å². The molecule has 0 saturated carbocycles. The fourth-order valence-electron chi connectivity index (χ4n) is 1.64. The van der Waals surface area contributed by atoms with Gasteiger partial charge in [0.25, 0.3) is 0 Å². The van der Waals surface area contributed by atoms with Gasteiger partial charge in [-0.15, -0.1) is 11.3 Å². The molecule has 84 valence electrons. The van der Waals surface area contributed by atoms with E-state index in [0.717, 1.165) is 11.4 Å². The zero-order chi connectivity index (χ0) is 11.5. The quantitative estimate of drug-likeness (QED) is 0.867. The highest BCUT2D eigenvalue weighted by molar-refractivity contribution is 7.12. The molecule has 2 heterocycles. The maximum Gasteiger partial charge on any atom is 0.0578 e. The molecule has 0 aliphatic heterocycles. The number of pyridine rings is 1. The summed E-state index contributed by atoms with van der Waals surface area (Å²) in [4.78, 5) is 6.91. The molecule has 0 aliphatic rings. The van der Waals surface area contributed by atoms with Crippen LogP contribution in [0.15, 0.2) is 30.5 Å². The third-order valence-electron chi connectivity index (χ3n) is 2.47. The van der Waals surface area contributed by atoms with Crippen LogP contribution in [0.2, 0.25) is 0 Å². The average molecular weight is 232 g/mol. The summed E-state index contributed by atoms with van der Waals surface area (Å²) in [6.07, 6.45) is 1.84. The fourth-order valence-corrected chi connectivity index (χ4v) is 2.52. The minimum atomic E-state index is 0.348. The molecule has 0 aromatic carbocycles. The Kier molecular flexibility index (Phi) is 3.25. The smallest absolute Gasteiger partial charge is 0.0578 e. The summed E-state index contributed by atoms with van der Waals surface area (Å²) in [7, 11) is 0. The Hall–Kier alpha value is -1.35. The average Bonchev–Trinajstić information content (AvgIpc) is 2.65. The molecule has 2 nitrogen and oxygen atoms in total. The van der Waals surface area contributed by atoms with Crippen molar-refractivity contribution in [1.29, 1.82) is 0 Å². The van der Waals surface area contributed by atoms with Gasteiger partial charge in [-0.3, -0.25) is 4.98 Å². The topological polar surface area (TPSA) is 24.9 Å². The number of rotatable bonds is 3. The summed E-state index contributed by atoms with van der Waals surface area (Å²) < 4.78 is 0. The van der Waals surface area contributed by atoms with Gasteiger partial charge >= 0.3 is 0 Å². The van der Waals surface area contributed by atoms with E-state index in [4.69, 9.17) is 0 Å². The maximum atomic E-state index is 4.19. The van der Waals surface area contributed by atoms with Crippen LogP contribution in [0.5, 0.6) is 0 Å². The third-order valence-corrected chi connectivity index (χ3v) is 3.65. The highest BCUT2D eigenvalue weighted by Crippen LogP contribution is 2.25. The molecule has 1 atom stereocenters. The summed E-state index contributed by atoms with van der Waals surface area (Å²) in [6.45, 7) is 6.32. The molecule has 2 rings (SSSR count). The van der Waals surface area contributed by atoms with Gasteiger partial charge in [-0.05, 0) is 45.0 Å². The van der Waals surface area contributed by atoms with Crippen LogP contribution in [-0.4, -0.2) is 4.98 Å². The van der Waals surface area contributed by atoms with Gasteiger partial charge in [-0.25, -0.2) is 0 Å². The van der Waals surface area contributed by atoms with E-state index >= 15 is 0 Å². The molecule has 0 aliphatic carbocycles. The van der Waals surface area contributed by atoms with Gasteiger partial charge in [0.05, 0.1) is 6.04 Å². The molecule has 0 amide bonds. The van der Waals surface area contributed by atoms with Gasteiger partial charge in [-0.2, -0.15) is 0 Å². The molecule has 16 heavy (non-hydrogen) atoms. The highest BCUT2D eigenvalue weighted by atomic mass is 32.1. The van der Waals surface area contributed by atoms with Crippen molar-refractivity contribution in [3.8, 4) is 0 Å². The summed E-state index contributed by atoms with van der Waals surface area (Å²) in [6, 6.07) is 8.77. The Bertz CT molecular complexity index is 476. The zero-order valence-electron chi connectivity index (χ0n) is 9.82. The van der Waals surface area contributed by atoms with Crippen LogP contribution in [0.25, 0.3) is 0 Å². The second-order valence-corrected chi connectivity index (χ2v) is 5.32. The predicted octanol–water partition coefficient (Wildman–Crippen LogP) is 3.93. The van der Waals surface area contributed by atoms with Gasteiger partial charge in [-0.1, -0.05) is 0 Å². The Labute approximate surface area is 100 Å². The first-order valence-electron chi connectivity index (χ1n) is 5.40. The number of aromatic nitrogens is 1. The SMILES string of the molecule is Cc1cc(NC(C)c2ccc(C)s2)ccn1. The van der Waals surface area contributed by atoms with Crippen molar-refractivity contribution in [2.75, 3.05) is 5.32 Å². The fraction of sp³-hybridized carbons (Fsp3) is 0.308. The number of thiophene rings is 1. The van der Waals surface area contributed by atoms with Crippen molar-refractivity contribution in [2.45, 2.75) is 26.8 Å². The van der Waals surface area contributed by atoms with E-state index in [1.165, 1.54) is 9.75 Å². The van der Waals surface area contributed by atoms with Crippen molar-refractivity contribution < 1.29 is 0 Å². The van der Waals surface area contributed by atoms with E-state index in [1.807, 2.05) is 30.5 Å². The summed E-state index contributed by atoms with van der Waals surface area (Å²) in [5.74, 6) is 0. The lowest BCUT2D eigenvalue weighted by Gasteiger charge is -2.13. The maximum absolute atomic E-state index is 4.19. The molecule has 0 radical (unpaired) electrons. The molecule has 0 bridgehead atoms. The molecule has 0 saturated heterocycles. The third kappa shape index (κ3) is 2.61. The van der Waals surface area contributed by atoms with Crippen LogP contribution >= 0.6 is 11.3 Å². The van der Waals surface area contributed by atoms with Gasteiger partial charge < -0.3 is 5.32 Å². The molecule has 2 aromatic heterocycles. The van der Waals surface area contributed by atoms with Crippen LogP contribution in [0.3, 0.4) is 0 Å². The Morgan fingerprint density at radius 1 is 1.25 bits per heavy atom. The summed E-state index contributed by atoms with van der Waals surface area (Å²) in [5.41, 5.74) is 2.17. The van der Waals surface area contributed by atoms with Crippen molar-refractivity contribution in [3.05, 3.63) is 45.9 Å². The van der Waals surface area contributed by atoms with Crippen molar-refractivity contribution in [1.82, 2.24) is 4.98 Å². The molecule has 1 N–H and O–H groups in total.